The van der Waals surface area contributed by atoms with Gasteiger partial charge in [-0.3, -0.25) is 0 Å². The summed E-state index contributed by atoms with van der Waals surface area (Å²) in [5.74, 6) is 0. The van der Waals surface area contributed by atoms with Crippen LogP contribution in [0.4, 0.5) is 0 Å². The summed E-state index contributed by atoms with van der Waals surface area (Å²) < 4.78 is 7.08. The maximum atomic E-state index is 6.02. The molecule has 0 bridgehead atoms. The summed E-state index contributed by atoms with van der Waals surface area (Å²) in [4.78, 5) is 3.49. The molecule has 0 atom stereocenters. The largest absolute Gasteiger partial charge is 0.456 e. The van der Waals surface area contributed by atoms with Crippen LogP contribution < -0.4 is 0 Å². The van der Waals surface area contributed by atoms with Crippen LogP contribution in [0.1, 0.15) is 0 Å². The summed E-state index contributed by atoms with van der Waals surface area (Å²) in [5, 5.41) is 4.78. The van der Waals surface area contributed by atoms with E-state index in [0.717, 1.165) is 32.1 Å². The van der Waals surface area contributed by atoms with Crippen molar-refractivity contribution in [1.82, 2.24) is 4.98 Å². The molecule has 21 heavy (non-hydrogen) atoms. The number of fused-ring (bicyclic) bond motifs is 7. The molecule has 0 spiro atoms. The van der Waals surface area contributed by atoms with E-state index in [9.17, 15) is 0 Å². The number of aromatic amines is 1. The lowest BCUT2D eigenvalue weighted by Crippen LogP contribution is -1.72. The molecule has 0 aliphatic heterocycles. The monoisotopic (exact) mass is 335 g/mol. The Labute approximate surface area is 128 Å². The van der Waals surface area contributed by atoms with Crippen LogP contribution in [-0.2, 0) is 0 Å². The van der Waals surface area contributed by atoms with Crippen molar-refractivity contribution in [2.45, 2.75) is 0 Å². The first-order chi connectivity index (χ1) is 10.3. The smallest absolute Gasteiger partial charge is 0.136 e. The Morgan fingerprint density at radius 2 is 1.57 bits per heavy atom. The fraction of sp³-hybridized carbons (Fsp3) is 0. The molecule has 2 heterocycles. The van der Waals surface area contributed by atoms with Gasteiger partial charge in [-0.25, -0.2) is 0 Å². The Bertz CT molecular complexity index is 1150. The molecule has 0 fully saturated rings. The number of benzene rings is 3. The van der Waals surface area contributed by atoms with E-state index in [1.165, 1.54) is 16.2 Å². The molecule has 2 nitrogen and oxygen atoms in total. The number of nitrogens with one attached hydrogen (secondary N) is 1. The predicted octanol–water partition coefficient (Wildman–Crippen LogP) is 5.98. The van der Waals surface area contributed by atoms with Crippen molar-refractivity contribution in [3.05, 3.63) is 59.1 Å². The fourth-order valence-electron chi connectivity index (χ4n) is 3.21. The number of H-pyrrole nitrogens is 1. The van der Waals surface area contributed by atoms with Crippen LogP contribution >= 0.6 is 15.9 Å². The summed E-state index contributed by atoms with van der Waals surface area (Å²) >= 11 is 3.67. The van der Waals surface area contributed by atoms with Crippen molar-refractivity contribution in [2.24, 2.45) is 0 Å². The average molecular weight is 336 g/mol. The molecule has 0 radical (unpaired) electrons. The van der Waals surface area contributed by atoms with Crippen molar-refractivity contribution < 1.29 is 4.42 Å². The minimum Gasteiger partial charge on any atom is -0.456 e. The van der Waals surface area contributed by atoms with Crippen LogP contribution in [0.5, 0.6) is 0 Å². The maximum Gasteiger partial charge on any atom is 0.136 e. The van der Waals surface area contributed by atoms with E-state index >= 15 is 0 Å². The molecule has 2 aromatic heterocycles. The third kappa shape index (κ3) is 1.41. The standard InChI is InChI=1S/C18H10BrNO/c19-11-5-3-7-14-17(11)18-15(21-14)9-8-13-16(18)10-4-1-2-6-12(10)20-13/h1-9,20H. The van der Waals surface area contributed by atoms with Crippen LogP contribution in [0.15, 0.2) is 63.5 Å². The lowest BCUT2D eigenvalue weighted by molar-refractivity contribution is 0.669. The first-order valence-corrected chi connectivity index (χ1v) is 7.62. The highest BCUT2D eigenvalue weighted by Crippen LogP contribution is 2.40. The molecule has 0 aliphatic rings. The Hall–Kier alpha value is -2.26. The summed E-state index contributed by atoms with van der Waals surface area (Å²) in [5.41, 5.74) is 4.13. The molecule has 3 aromatic carbocycles. The van der Waals surface area contributed by atoms with Gasteiger partial charge in [0, 0.05) is 37.1 Å². The minimum atomic E-state index is 0.914. The number of halogens is 1. The van der Waals surface area contributed by atoms with E-state index in [1.807, 2.05) is 18.2 Å². The molecule has 100 valence electrons. The minimum absolute atomic E-state index is 0.914. The van der Waals surface area contributed by atoms with Gasteiger partial charge in [0.25, 0.3) is 0 Å². The third-order valence-corrected chi connectivity index (χ3v) is 4.74. The first-order valence-electron chi connectivity index (χ1n) is 6.83. The highest BCUT2D eigenvalue weighted by Gasteiger charge is 2.15. The highest BCUT2D eigenvalue weighted by molar-refractivity contribution is 9.10. The van der Waals surface area contributed by atoms with Gasteiger partial charge in [-0.15, -0.1) is 0 Å². The van der Waals surface area contributed by atoms with Crippen LogP contribution in [0.2, 0.25) is 0 Å². The van der Waals surface area contributed by atoms with Gasteiger partial charge in [0.1, 0.15) is 11.2 Å². The summed E-state index contributed by atoms with van der Waals surface area (Å²) in [6.07, 6.45) is 0. The van der Waals surface area contributed by atoms with Gasteiger partial charge in [-0.1, -0.05) is 40.2 Å². The molecule has 0 amide bonds. The van der Waals surface area contributed by atoms with E-state index in [2.05, 4.69) is 57.3 Å². The lowest BCUT2D eigenvalue weighted by Gasteiger charge is -1.96. The highest BCUT2D eigenvalue weighted by atomic mass is 79.9. The van der Waals surface area contributed by atoms with Gasteiger partial charge in [-0.2, -0.15) is 0 Å². The lowest BCUT2D eigenvalue weighted by atomic mass is 10.1. The van der Waals surface area contributed by atoms with Crippen molar-refractivity contribution in [2.75, 3.05) is 0 Å². The van der Waals surface area contributed by atoms with Crippen molar-refractivity contribution in [3.63, 3.8) is 0 Å². The van der Waals surface area contributed by atoms with Crippen molar-refractivity contribution in [1.29, 1.82) is 0 Å². The zero-order valence-corrected chi connectivity index (χ0v) is 12.6. The van der Waals surface area contributed by atoms with Gasteiger partial charge >= 0.3 is 0 Å². The van der Waals surface area contributed by atoms with Gasteiger partial charge in [-0.05, 0) is 30.3 Å². The number of hydrogen-bond donors (Lipinski definition) is 1. The van der Waals surface area contributed by atoms with E-state index < -0.39 is 0 Å². The van der Waals surface area contributed by atoms with Crippen LogP contribution in [-0.4, -0.2) is 4.98 Å². The number of rotatable bonds is 0. The van der Waals surface area contributed by atoms with E-state index in [1.54, 1.807) is 0 Å². The van der Waals surface area contributed by atoms with Gasteiger partial charge in [0.05, 0.1) is 0 Å². The molecule has 0 saturated heterocycles. The zero-order chi connectivity index (χ0) is 14.0. The van der Waals surface area contributed by atoms with Crippen LogP contribution in [0, 0.1) is 0 Å². The Morgan fingerprint density at radius 3 is 2.52 bits per heavy atom. The van der Waals surface area contributed by atoms with Crippen LogP contribution in [0.25, 0.3) is 43.7 Å². The number of furan rings is 1. The molecule has 1 N–H and O–H groups in total. The fourth-order valence-corrected chi connectivity index (χ4v) is 3.75. The van der Waals surface area contributed by atoms with Crippen molar-refractivity contribution >= 4 is 59.7 Å². The predicted molar refractivity (Wildman–Crippen MR) is 90.8 cm³/mol. The van der Waals surface area contributed by atoms with Crippen LogP contribution in [0.3, 0.4) is 0 Å². The zero-order valence-electron chi connectivity index (χ0n) is 11.0. The Balaban J connectivity index is 2.19. The molecule has 0 aliphatic carbocycles. The number of para-hydroxylation sites is 1. The normalized spacial score (nSPS) is 12.0. The van der Waals surface area contributed by atoms with Crippen molar-refractivity contribution in [3.8, 4) is 0 Å². The second-order valence-corrected chi connectivity index (χ2v) is 6.10. The molecule has 0 unspecified atom stereocenters. The molecule has 3 heteroatoms. The molecule has 5 aromatic rings. The second kappa shape index (κ2) is 3.89. The topological polar surface area (TPSA) is 28.9 Å². The maximum absolute atomic E-state index is 6.02. The average Bonchev–Trinajstić information content (AvgIpc) is 3.04. The van der Waals surface area contributed by atoms with Gasteiger partial charge in [0.15, 0.2) is 0 Å². The second-order valence-electron chi connectivity index (χ2n) is 5.25. The van der Waals surface area contributed by atoms with Gasteiger partial charge in [0.2, 0.25) is 0 Å². The summed E-state index contributed by atoms with van der Waals surface area (Å²) in [6, 6.07) is 18.6. The summed E-state index contributed by atoms with van der Waals surface area (Å²) in [7, 11) is 0. The SMILES string of the molecule is Brc1cccc2oc3ccc4[nH]c5ccccc5c4c3c12. The molecule has 0 saturated carbocycles. The van der Waals surface area contributed by atoms with Gasteiger partial charge < -0.3 is 9.40 Å². The number of hydrogen-bond acceptors (Lipinski definition) is 1. The first kappa shape index (κ1) is 11.4. The quantitative estimate of drug-likeness (QED) is 0.370. The Morgan fingerprint density at radius 1 is 0.714 bits per heavy atom. The molecular weight excluding hydrogens is 326 g/mol. The molecule has 5 rings (SSSR count). The molecular formula is C18H10BrNO. The Kier molecular flexibility index (Phi) is 2.11. The van der Waals surface area contributed by atoms with E-state index in [4.69, 9.17) is 4.42 Å². The third-order valence-electron chi connectivity index (χ3n) is 4.08. The number of aromatic nitrogens is 1. The summed E-state index contributed by atoms with van der Waals surface area (Å²) in [6.45, 7) is 0. The van der Waals surface area contributed by atoms with E-state index in [-0.39, 0.29) is 0 Å². The van der Waals surface area contributed by atoms with E-state index in [0.29, 0.717) is 0 Å².